The molecule has 0 aliphatic heterocycles. The van der Waals surface area contributed by atoms with E-state index in [1.165, 1.54) is 0 Å². The van der Waals surface area contributed by atoms with Crippen molar-refractivity contribution < 1.29 is 4.74 Å². The molecular weight excluding hydrogens is 288 g/mol. The van der Waals surface area contributed by atoms with E-state index in [-0.39, 0.29) is 0 Å². The minimum Gasteiger partial charge on any atom is -0.497 e. The Kier molecular flexibility index (Phi) is 4.10. The topological polar surface area (TPSA) is 73.1 Å². The van der Waals surface area contributed by atoms with Crippen LogP contribution >= 0.6 is 0 Å². The molecule has 23 heavy (non-hydrogen) atoms. The molecule has 0 radical (unpaired) electrons. The van der Waals surface area contributed by atoms with E-state index in [1.54, 1.807) is 19.5 Å². The van der Waals surface area contributed by atoms with Crippen LogP contribution in [-0.2, 0) is 0 Å². The van der Waals surface area contributed by atoms with Crippen LogP contribution in [0.4, 0.5) is 17.3 Å². The first-order chi connectivity index (χ1) is 11.2. The molecule has 0 aliphatic rings. The summed E-state index contributed by atoms with van der Waals surface area (Å²) in [7, 11) is 1.65. The summed E-state index contributed by atoms with van der Waals surface area (Å²) >= 11 is 0. The van der Waals surface area contributed by atoms with E-state index in [0.717, 1.165) is 33.8 Å². The number of anilines is 3. The van der Waals surface area contributed by atoms with Crippen molar-refractivity contribution in [1.82, 2.24) is 9.97 Å². The molecule has 5 nitrogen and oxygen atoms in total. The normalized spacial score (nSPS) is 10.3. The van der Waals surface area contributed by atoms with Crippen molar-refractivity contribution in [2.75, 3.05) is 18.2 Å². The minimum atomic E-state index is 0.533. The SMILES string of the molecule is COc1ccc(-c2cnc(Nc3ccc(C)c(N)c3)nc2)cc1. The van der Waals surface area contributed by atoms with Crippen molar-refractivity contribution >= 4 is 17.3 Å². The van der Waals surface area contributed by atoms with Gasteiger partial charge in [-0.1, -0.05) is 18.2 Å². The molecule has 1 heterocycles. The Bertz CT molecular complexity index is 798. The zero-order valence-electron chi connectivity index (χ0n) is 13.1. The number of benzene rings is 2. The van der Waals surface area contributed by atoms with Gasteiger partial charge in [0.05, 0.1) is 7.11 Å². The summed E-state index contributed by atoms with van der Waals surface area (Å²) in [5.74, 6) is 1.36. The van der Waals surface area contributed by atoms with Gasteiger partial charge < -0.3 is 15.8 Å². The van der Waals surface area contributed by atoms with E-state index >= 15 is 0 Å². The molecule has 0 spiro atoms. The van der Waals surface area contributed by atoms with E-state index in [9.17, 15) is 0 Å². The Hall–Kier alpha value is -3.08. The number of aromatic nitrogens is 2. The highest BCUT2D eigenvalue weighted by atomic mass is 16.5. The molecule has 5 heteroatoms. The maximum atomic E-state index is 5.91. The maximum absolute atomic E-state index is 5.91. The number of aryl methyl sites for hydroxylation is 1. The number of nitrogens with two attached hydrogens (primary N) is 1. The lowest BCUT2D eigenvalue weighted by molar-refractivity contribution is 0.415. The summed E-state index contributed by atoms with van der Waals surface area (Å²) < 4.78 is 5.16. The first-order valence-electron chi connectivity index (χ1n) is 7.25. The van der Waals surface area contributed by atoms with Gasteiger partial charge in [-0.05, 0) is 42.3 Å². The second kappa shape index (κ2) is 6.36. The zero-order valence-corrected chi connectivity index (χ0v) is 13.1. The molecule has 2 aromatic carbocycles. The molecule has 0 atom stereocenters. The van der Waals surface area contributed by atoms with Crippen molar-refractivity contribution in [3.63, 3.8) is 0 Å². The van der Waals surface area contributed by atoms with Gasteiger partial charge in [-0.15, -0.1) is 0 Å². The lowest BCUT2D eigenvalue weighted by Gasteiger charge is -2.08. The summed E-state index contributed by atoms with van der Waals surface area (Å²) in [4.78, 5) is 8.70. The van der Waals surface area contributed by atoms with Gasteiger partial charge in [0, 0.05) is 29.3 Å². The van der Waals surface area contributed by atoms with Gasteiger partial charge >= 0.3 is 0 Å². The fraction of sp³-hybridized carbons (Fsp3) is 0.111. The van der Waals surface area contributed by atoms with Crippen LogP contribution in [0, 0.1) is 6.92 Å². The Morgan fingerprint density at radius 1 is 0.957 bits per heavy atom. The van der Waals surface area contributed by atoms with Crippen molar-refractivity contribution in [1.29, 1.82) is 0 Å². The standard InChI is InChI=1S/C18H18N4O/c1-12-3-6-15(9-17(12)19)22-18-20-10-14(11-21-18)13-4-7-16(23-2)8-5-13/h3-11H,19H2,1-2H3,(H,20,21,22). The largest absolute Gasteiger partial charge is 0.497 e. The third kappa shape index (κ3) is 3.40. The summed E-state index contributed by atoms with van der Waals surface area (Å²) in [5, 5.41) is 3.15. The molecule has 0 fully saturated rings. The van der Waals surface area contributed by atoms with Gasteiger partial charge in [-0.25, -0.2) is 9.97 Å². The molecule has 0 saturated heterocycles. The number of nitrogens with one attached hydrogen (secondary N) is 1. The number of rotatable bonds is 4. The molecule has 116 valence electrons. The predicted molar refractivity (Wildman–Crippen MR) is 92.9 cm³/mol. The third-order valence-corrected chi connectivity index (χ3v) is 3.61. The summed E-state index contributed by atoms with van der Waals surface area (Å²) in [6.07, 6.45) is 3.57. The predicted octanol–water partition coefficient (Wildman–Crippen LogP) is 3.79. The molecule has 0 aliphatic carbocycles. The van der Waals surface area contributed by atoms with E-state index in [4.69, 9.17) is 10.5 Å². The van der Waals surface area contributed by atoms with Gasteiger partial charge in [0.2, 0.25) is 5.95 Å². The Labute approximate surface area is 135 Å². The molecular formula is C18H18N4O. The number of nitrogens with zero attached hydrogens (tertiary/aromatic N) is 2. The van der Waals surface area contributed by atoms with Crippen LogP contribution in [0.15, 0.2) is 54.9 Å². The van der Waals surface area contributed by atoms with E-state index < -0.39 is 0 Å². The molecule has 3 aromatic rings. The number of hydrogen-bond acceptors (Lipinski definition) is 5. The molecule has 0 unspecified atom stereocenters. The number of hydrogen-bond donors (Lipinski definition) is 2. The average Bonchev–Trinajstić information content (AvgIpc) is 2.59. The van der Waals surface area contributed by atoms with Crippen LogP contribution in [-0.4, -0.2) is 17.1 Å². The molecule has 3 rings (SSSR count). The van der Waals surface area contributed by atoms with E-state index in [2.05, 4.69) is 15.3 Å². The summed E-state index contributed by atoms with van der Waals surface area (Å²) in [6, 6.07) is 13.6. The van der Waals surface area contributed by atoms with Gasteiger partial charge in [-0.3, -0.25) is 0 Å². The third-order valence-electron chi connectivity index (χ3n) is 3.61. The Morgan fingerprint density at radius 2 is 1.65 bits per heavy atom. The van der Waals surface area contributed by atoms with Crippen LogP contribution in [0.1, 0.15) is 5.56 Å². The molecule has 0 bridgehead atoms. The van der Waals surface area contributed by atoms with Crippen LogP contribution in [0.5, 0.6) is 5.75 Å². The van der Waals surface area contributed by atoms with Gasteiger partial charge in [0.25, 0.3) is 0 Å². The fourth-order valence-corrected chi connectivity index (χ4v) is 2.17. The maximum Gasteiger partial charge on any atom is 0.227 e. The lowest BCUT2D eigenvalue weighted by Crippen LogP contribution is -1.98. The molecule has 3 N–H and O–H groups in total. The monoisotopic (exact) mass is 306 g/mol. The van der Waals surface area contributed by atoms with Crippen LogP contribution in [0.2, 0.25) is 0 Å². The fourth-order valence-electron chi connectivity index (χ4n) is 2.17. The smallest absolute Gasteiger partial charge is 0.227 e. The first-order valence-corrected chi connectivity index (χ1v) is 7.25. The highest BCUT2D eigenvalue weighted by molar-refractivity contribution is 5.65. The number of methoxy groups -OCH3 is 1. The zero-order chi connectivity index (χ0) is 16.2. The highest BCUT2D eigenvalue weighted by Gasteiger charge is 2.03. The van der Waals surface area contributed by atoms with Gasteiger partial charge in [0.15, 0.2) is 0 Å². The summed E-state index contributed by atoms with van der Waals surface area (Å²) in [6.45, 7) is 1.97. The Balaban J connectivity index is 1.77. The minimum absolute atomic E-state index is 0.533. The second-order valence-electron chi connectivity index (χ2n) is 5.22. The number of nitrogen functional groups attached to an aromatic ring is 1. The van der Waals surface area contributed by atoms with Crippen molar-refractivity contribution in [2.45, 2.75) is 6.92 Å². The van der Waals surface area contributed by atoms with E-state index in [0.29, 0.717) is 5.95 Å². The van der Waals surface area contributed by atoms with E-state index in [1.807, 2.05) is 49.4 Å². The second-order valence-corrected chi connectivity index (χ2v) is 5.22. The number of ether oxygens (including phenoxy) is 1. The highest BCUT2D eigenvalue weighted by Crippen LogP contribution is 2.23. The summed E-state index contributed by atoms with van der Waals surface area (Å²) in [5.41, 5.74) is 10.5. The molecule has 1 aromatic heterocycles. The lowest BCUT2D eigenvalue weighted by atomic mass is 10.1. The van der Waals surface area contributed by atoms with Crippen LogP contribution in [0.3, 0.4) is 0 Å². The first kappa shape index (κ1) is 14.8. The Morgan fingerprint density at radius 3 is 2.26 bits per heavy atom. The average molecular weight is 306 g/mol. The van der Waals surface area contributed by atoms with Crippen LogP contribution < -0.4 is 15.8 Å². The van der Waals surface area contributed by atoms with Gasteiger partial charge in [-0.2, -0.15) is 0 Å². The van der Waals surface area contributed by atoms with Crippen LogP contribution in [0.25, 0.3) is 11.1 Å². The molecule has 0 amide bonds. The van der Waals surface area contributed by atoms with Crippen molar-refractivity contribution in [3.05, 3.63) is 60.4 Å². The quantitative estimate of drug-likeness (QED) is 0.717. The van der Waals surface area contributed by atoms with Crippen molar-refractivity contribution in [3.8, 4) is 16.9 Å². The van der Waals surface area contributed by atoms with Gasteiger partial charge in [0.1, 0.15) is 5.75 Å². The van der Waals surface area contributed by atoms with Crippen molar-refractivity contribution in [2.24, 2.45) is 0 Å². The molecule has 0 saturated carbocycles.